The van der Waals surface area contributed by atoms with Gasteiger partial charge in [0.25, 0.3) is 0 Å². The first-order chi connectivity index (χ1) is 14.2. The van der Waals surface area contributed by atoms with Gasteiger partial charge in [-0.1, -0.05) is 72.8 Å². The molecule has 3 nitrogen and oxygen atoms in total. The summed E-state index contributed by atoms with van der Waals surface area (Å²) < 4.78 is 16.0. The molecule has 0 amide bonds. The Kier molecular flexibility index (Phi) is 6.03. The van der Waals surface area contributed by atoms with Crippen LogP contribution in [0, 0.1) is 0 Å². The molecule has 3 N–H and O–H groups in total. The Morgan fingerprint density at radius 2 is 1.69 bits per heavy atom. The van der Waals surface area contributed by atoms with Gasteiger partial charge in [-0.15, -0.1) is 0 Å². The van der Waals surface area contributed by atoms with E-state index in [1.165, 1.54) is 11.1 Å². The molecular formula is C25H24N2OS. The number of nitrogens with two attached hydrogens (primary N) is 1. The van der Waals surface area contributed by atoms with Crippen molar-refractivity contribution in [3.63, 3.8) is 0 Å². The summed E-state index contributed by atoms with van der Waals surface area (Å²) >= 11 is 0. The van der Waals surface area contributed by atoms with Crippen LogP contribution >= 0.6 is 0 Å². The van der Waals surface area contributed by atoms with E-state index in [0.717, 1.165) is 34.6 Å². The lowest BCUT2D eigenvalue weighted by molar-refractivity contribution is 0.686. The molecule has 0 saturated carbocycles. The Balaban J connectivity index is 1.61. The Bertz CT molecular complexity index is 1060. The molecule has 1 aliphatic carbocycles. The topological polar surface area (TPSA) is 55.1 Å². The monoisotopic (exact) mass is 400 g/mol. The van der Waals surface area contributed by atoms with Gasteiger partial charge in [0.1, 0.15) is 11.0 Å². The normalized spacial score (nSPS) is 15.0. The summed E-state index contributed by atoms with van der Waals surface area (Å²) in [5.41, 5.74) is 11.9. The van der Waals surface area contributed by atoms with Gasteiger partial charge in [0, 0.05) is 11.6 Å². The summed E-state index contributed by atoms with van der Waals surface area (Å²) in [6.07, 6.45) is 7.94. The van der Waals surface area contributed by atoms with Crippen LogP contribution in [-0.4, -0.2) is 4.21 Å². The standard InChI is InChI=1S/C25H24N2OS/c26-24(17-19-9-3-1-4-10-19)21-15-16-25(23(18-21)20-11-7-8-12-20)27-29(28)22-13-5-2-6-14-22/h1-11,13-16,18,24,27H,12,17,26H2. The average molecular weight is 401 g/mol. The van der Waals surface area contributed by atoms with E-state index in [0.29, 0.717) is 0 Å². The molecule has 0 radical (unpaired) electrons. The zero-order valence-corrected chi connectivity index (χ0v) is 16.9. The summed E-state index contributed by atoms with van der Waals surface area (Å²) in [5.74, 6) is 0. The van der Waals surface area contributed by atoms with Gasteiger partial charge in [0.05, 0.1) is 10.6 Å². The Hall–Kier alpha value is -2.95. The second kappa shape index (κ2) is 9.03. The quantitative estimate of drug-likeness (QED) is 0.557. The highest BCUT2D eigenvalue weighted by Crippen LogP contribution is 2.33. The summed E-state index contributed by atoms with van der Waals surface area (Å²) in [5, 5.41) is 0. The summed E-state index contributed by atoms with van der Waals surface area (Å²) in [6, 6.07) is 25.8. The molecule has 0 heterocycles. The molecule has 4 rings (SSSR count). The maximum absolute atomic E-state index is 12.8. The predicted molar refractivity (Wildman–Crippen MR) is 122 cm³/mol. The number of benzene rings is 3. The summed E-state index contributed by atoms with van der Waals surface area (Å²) in [6.45, 7) is 0. The zero-order chi connectivity index (χ0) is 20.1. The van der Waals surface area contributed by atoms with Crippen molar-refractivity contribution in [2.45, 2.75) is 23.8 Å². The molecule has 0 aliphatic heterocycles. The summed E-state index contributed by atoms with van der Waals surface area (Å²) in [7, 11) is -1.32. The molecule has 3 aromatic rings. The fourth-order valence-electron chi connectivity index (χ4n) is 3.48. The highest BCUT2D eigenvalue weighted by atomic mass is 32.2. The third-order valence-corrected chi connectivity index (χ3v) is 6.15. The highest BCUT2D eigenvalue weighted by molar-refractivity contribution is 7.86. The van der Waals surface area contributed by atoms with Crippen molar-refractivity contribution in [3.8, 4) is 0 Å². The lowest BCUT2D eigenvalue weighted by atomic mass is 9.94. The molecule has 4 heteroatoms. The van der Waals surface area contributed by atoms with E-state index in [9.17, 15) is 4.21 Å². The molecule has 0 saturated heterocycles. The molecule has 0 bridgehead atoms. The van der Waals surface area contributed by atoms with E-state index < -0.39 is 11.0 Å². The van der Waals surface area contributed by atoms with Gasteiger partial charge in [-0.2, -0.15) is 0 Å². The Morgan fingerprint density at radius 1 is 0.966 bits per heavy atom. The Morgan fingerprint density at radius 3 is 2.38 bits per heavy atom. The lowest BCUT2D eigenvalue weighted by Gasteiger charge is -2.18. The van der Waals surface area contributed by atoms with E-state index >= 15 is 0 Å². The van der Waals surface area contributed by atoms with Crippen molar-refractivity contribution >= 4 is 22.2 Å². The van der Waals surface area contributed by atoms with Crippen LogP contribution in [0.3, 0.4) is 0 Å². The van der Waals surface area contributed by atoms with E-state index in [2.05, 4.69) is 41.1 Å². The molecule has 146 valence electrons. The first kappa shape index (κ1) is 19.4. The first-order valence-electron chi connectivity index (χ1n) is 9.74. The molecule has 0 aromatic heterocycles. The van der Waals surface area contributed by atoms with Crippen molar-refractivity contribution in [2.24, 2.45) is 5.73 Å². The third-order valence-electron chi connectivity index (χ3n) is 5.05. The fourth-order valence-corrected chi connectivity index (χ4v) is 4.38. The van der Waals surface area contributed by atoms with Gasteiger partial charge in [-0.3, -0.25) is 0 Å². The van der Waals surface area contributed by atoms with Crippen LogP contribution in [0.5, 0.6) is 0 Å². The number of anilines is 1. The van der Waals surface area contributed by atoms with Crippen LogP contribution in [0.15, 0.2) is 102 Å². The average Bonchev–Trinajstić information content (AvgIpc) is 3.30. The first-order valence-corrected chi connectivity index (χ1v) is 10.9. The second-order valence-corrected chi connectivity index (χ2v) is 8.32. The van der Waals surface area contributed by atoms with Crippen molar-refractivity contribution < 1.29 is 4.21 Å². The van der Waals surface area contributed by atoms with Crippen molar-refractivity contribution in [3.05, 3.63) is 114 Å². The number of nitrogens with one attached hydrogen (secondary N) is 1. The minimum absolute atomic E-state index is 0.0974. The summed E-state index contributed by atoms with van der Waals surface area (Å²) in [4.78, 5) is 0.752. The smallest absolute Gasteiger partial charge is 0.150 e. The molecule has 2 unspecified atom stereocenters. The second-order valence-electron chi connectivity index (χ2n) is 7.11. The lowest BCUT2D eigenvalue weighted by Crippen LogP contribution is -2.14. The number of allylic oxidation sites excluding steroid dienone is 4. The molecule has 3 aromatic carbocycles. The van der Waals surface area contributed by atoms with Crippen LogP contribution in [0.1, 0.15) is 29.2 Å². The SMILES string of the molecule is NC(Cc1ccccc1)c1ccc(NS(=O)c2ccccc2)c(C2=CC=CC2)c1. The largest absolute Gasteiger partial charge is 0.324 e. The minimum atomic E-state index is -1.32. The molecular weight excluding hydrogens is 376 g/mol. The fraction of sp³-hybridized carbons (Fsp3) is 0.120. The van der Waals surface area contributed by atoms with Gasteiger partial charge in [-0.05, 0) is 53.8 Å². The zero-order valence-electron chi connectivity index (χ0n) is 16.1. The van der Waals surface area contributed by atoms with E-state index in [1.54, 1.807) is 0 Å². The van der Waals surface area contributed by atoms with Crippen LogP contribution in [0.4, 0.5) is 5.69 Å². The van der Waals surface area contributed by atoms with E-state index in [1.807, 2.05) is 60.7 Å². The van der Waals surface area contributed by atoms with E-state index in [4.69, 9.17) is 5.73 Å². The van der Waals surface area contributed by atoms with Crippen LogP contribution in [0.25, 0.3) is 5.57 Å². The van der Waals surface area contributed by atoms with Crippen molar-refractivity contribution in [2.75, 3.05) is 4.72 Å². The van der Waals surface area contributed by atoms with Crippen LogP contribution in [-0.2, 0) is 17.4 Å². The number of rotatable bonds is 7. The number of hydrogen-bond acceptors (Lipinski definition) is 2. The molecule has 29 heavy (non-hydrogen) atoms. The minimum Gasteiger partial charge on any atom is -0.324 e. The van der Waals surface area contributed by atoms with Crippen LogP contribution < -0.4 is 10.5 Å². The maximum Gasteiger partial charge on any atom is 0.150 e. The molecule has 0 fully saturated rings. The Labute approximate surface area is 174 Å². The number of hydrogen-bond donors (Lipinski definition) is 2. The van der Waals surface area contributed by atoms with Crippen molar-refractivity contribution in [1.29, 1.82) is 0 Å². The molecule has 0 spiro atoms. The maximum atomic E-state index is 12.8. The van der Waals surface area contributed by atoms with Crippen LogP contribution in [0.2, 0.25) is 0 Å². The third kappa shape index (κ3) is 4.73. The molecule has 1 aliphatic rings. The van der Waals surface area contributed by atoms with Gasteiger partial charge in [0.2, 0.25) is 0 Å². The molecule has 2 atom stereocenters. The van der Waals surface area contributed by atoms with Crippen molar-refractivity contribution in [1.82, 2.24) is 0 Å². The van der Waals surface area contributed by atoms with Gasteiger partial charge in [-0.25, -0.2) is 4.21 Å². The van der Waals surface area contributed by atoms with Gasteiger partial charge >= 0.3 is 0 Å². The van der Waals surface area contributed by atoms with Gasteiger partial charge in [0.15, 0.2) is 0 Å². The van der Waals surface area contributed by atoms with E-state index in [-0.39, 0.29) is 6.04 Å². The highest BCUT2D eigenvalue weighted by Gasteiger charge is 2.15. The predicted octanol–water partition coefficient (Wildman–Crippen LogP) is 5.41. The van der Waals surface area contributed by atoms with Gasteiger partial charge < -0.3 is 10.5 Å².